The van der Waals surface area contributed by atoms with Crippen molar-refractivity contribution in [2.75, 3.05) is 20.1 Å². The van der Waals surface area contributed by atoms with Crippen LogP contribution in [0.3, 0.4) is 0 Å². The molecule has 0 aromatic carbocycles. The Morgan fingerprint density at radius 2 is 1.50 bits per heavy atom. The third kappa shape index (κ3) is 10.9. The second-order valence-electron chi connectivity index (χ2n) is 5.24. The highest BCUT2D eigenvalue weighted by Gasteiger charge is 2.26. The highest BCUT2D eigenvalue weighted by Crippen LogP contribution is 2.02. The van der Waals surface area contributed by atoms with Crippen LogP contribution in [-0.2, 0) is 24.0 Å². The van der Waals surface area contributed by atoms with Crippen LogP contribution < -0.4 is 26.8 Å². The van der Waals surface area contributed by atoms with E-state index in [9.17, 15) is 24.0 Å². The zero-order valence-electron chi connectivity index (χ0n) is 14.4. The van der Waals surface area contributed by atoms with Crippen LogP contribution in [0, 0.1) is 0 Å². The molecule has 0 aliphatic carbocycles. The van der Waals surface area contributed by atoms with Crippen molar-refractivity contribution < 1.29 is 34.2 Å². The Hall–Kier alpha value is -2.73. The summed E-state index contributed by atoms with van der Waals surface area (Å²) in [6, 6.07) is -2.03. The average molecular weight is 375 g/mol. The van der Waals surface area contributed by atoms with Crippen LogP contribution in [0.2, 0.25) is 0 Å². The standard InChI is InChI=1S/C14H25N5O7/c1-15-19-10(3-5-12(23)24)14(26)18-9(2-4-11(21)22)13(25)17-7-6-16-8-20/h8-10,15,19H,2-7H2,1H3,(H,16,20)(H,17,25)(H,18,26)(H,21,22)(H,23,24). The van der Waals surface area contributed by atoms with Crippen molar-refractivity contribution in [3.8, 4) is 0 Å². The number of hydrazine groups is 1. The zero-order valence-corrected chi connectivity index (χ0v) is 14.4. The first-order chi connectivity index (χ1) is 12.3. The van der Waals surface area contributed by atoms with Crippen molar-refractivity contribution >= 4 is 30.2 Å². The molecule has 2 atom stereocenters. The maximum Gasteiger partial charge on any atom is 0.303 e. The van der Waals surface area contributed by atoms with E-state index in [0.29, 0.717) is 6.41 Å². The summed E-state index contributed by atoms with van der Waals surface area (Å²) >= 11 is 0. The molecule has 26 heavy (non-hydrogen) atoms. The van der Waals surface area contributed by atoms with Gasteiger partial charge in [0.25, 0.3) is 0 Å². The van der Waals surface area contributed by atoms with Gasteiger partial charge in [-0.25, -0.2) is 5.43 Å². The van der Waals surface area contributed by atoms with Gasteiger partial charge in [-0.15, -0.1) is 0 Å². The fourth-order valence-electron chi connectivity index (χ4n) is 1.96. The molecule has 0 aliphatic rings. The third-order valence-electron chi connectivity index (χ3n) is 3.21. The summed E-state index contributed by atoms with van der Waals surface area (Å²) in [7, 11) is 1.50. The van der Waals surface area contributed by atoms with Gasteiger partial charge in [0.1, 0.15) is 12.1 Å². The van der Waals surface area contributed by atoms with E-state index in [1.54, 1.807) is 0 Å². The van der Waals surface area contributed by atoms with E-state index in [-0.39, 0.29) is 38.8 Å². The quantitative estimate of drug-likeness (QED) is 0.0898. The maximum atomic E-state index is 12.3. The number of hydrogen-bond donors (Lipinski definition) is 7. The second-order valence-corrected chi connectivity index (χ2v) is 5.24. The summed E-state index contributed by atoms with van der Waals surface area (Å²) in [5.41, 5.74) is 5.12. The minimum absolute atomic E-state index is 0.0292. The Balaban J connectivity index is 4.84. The Kier molecular flexibility index (Phi) is 12.1. The maximum absolute atomic E-state index is 12.3. The van der Waals surface area contributed by atoms with Crippen molar-refractivity contribution in [1.29, 1.82) is 0 Å². The number of carboxylic acid groups (broad SMARTS) is 2. The molecular weight excluding hydrogens is 350 g/mol. The summed E-state index contributed by atoms with van der Waals surface area (Å²) in [6.45, 7) is 0.283. The van der Waals surface area contributed by atoms with E-state index < -0.39 is 35.8 Å². The molecule has 0 aliphatic heterocycles. The smallest absolute Gasteiger partial charge is 0.303 e. The second kappa shape index (κ2) is 13.5. The van der Waals surface area contributed by atoms with Gasteiger partial charge in [-0.3, -0.25) is 29.4 Å². The van der Waals surface area contributed by atoms with Gasteiger partial charge in [0.05, 0.1) is 0 Å². The minimum Gasteiger partial charge on any atom is -0.481 e. The summed E-state index contributed by atoms with van der Waals surface area (Å²) in [6.07, 6.45) is -0.315. The number of carbonyl (C=O) groups is 5. The van der Waals surface area contributed by atoms with Crippen molar-refractivity contribution in [2.24, 2.45) is 0 Å². The molecule has 7 N–H and O–H groups in total. The lowest BCUT2D eigenvalue weighted by Crippen LogP contribution is -2.55. The Morgan fingerprint density at radius 1 is 0.923 bits per heavy atom. The van der Waals surface area contributed by atoms with E-state index in [1.807, 2.05) is 0 Å². The molecule has 0 radical (unpaired) electrons. The molecule has 0 heterocycles. The van der Waals surface area contributed by atoms with Gasteiger partial charge in [-0.1, -0.05) is 0 Å². The molecule has 0 spiro atoms. The topological polar surface area (TPSA) is 186 Å². The highest BCUT2D eigenvalue weighted by molar-refractivity contribution is 5.90. The van der Waals surface area contributed by atoms with E-state index in [4.69, 9.17) is 10.2 Å². The predicted molar refractivity (Wildman–Crippen MR) is 88.7 cm³/mol. The monoisotopic (exact) mass is 375 g/mol. The van der Waals surface area contributed by atoms with Gasteiger partial charge >= 0.3 is 11.9 Å². The van der Waals surface area contributed by atoms with Gasteiger partial charge in [0.15, 0.2) is 0 Å². The normalized spacial score (nSPS) is 12.5. The highest BCUT2D eigenvalue weighted by atomic mass is 16.4. The first-order valence-corrected chi connectivity index (χ1v) is 7.92. The molecule has 0 saturated heterocycles. The lowest BCUT2D eigenvalue weighted by Gasteiger charge is -2.22. The van der Waals surface area contributed by atoms with E-state index in [1.165, 1.54) is 7.05 Å². The van der Waals surface area contributed by atoms with Crippen LogP contribution >= 0.6 is 0 Å². The first-order valence-electron chi connectivity index (χ1n) is 7.92. The number of aliphatic carboxylic acids is 2. The Bertz CT molecular complexity index is 500. The molecule has 0 aromatic rings. The fraction of sp³-hybridized carbons (Fsp3) is 0.643. The van der Waals surface area contributed by atoms with Gasteiger partial charge in [0.2, 0.25) is 18.2 Å². The fourth-order valence-corrected chi connectivity index (χ4v) is 1.96. The van der Waals surface area contributed by atoms with E-state index in [2.05, 4.69) is 26.8 Å². The van der Waals surface area contributed by atoms with Crippen LogP contribution in [0.25, 0.3) is 0 Å². The van der Waals surface area contributed by atoms with Crippen LogP contribution in [0.4, 0.5) is 0 Å². The SMILES string of the molecule is CNNC(CCC(=O)O)C(=O)NC(CCC(=O)O)C(=O)NCCNC=O. The summed E-state index contributed by atoms with van der Waals surface area (Å²) < 4.78 is 0. The largest absolute Gasteiger partial charge is 0.481 e. The van der Waals surface area contributed by atoms with Crippen molar-refractivity contribution in [1.82, 2.24) is 26.8 Å². The number of amides is 3. The van der Waals surface area contributed by atoms with Gasteiger partial charge in [-0.05, 0) is 19.9 Å². The molecule has 0 rings (SSSR count). The molecule has 12 nitrogen and oxygen atoms in total. The molecule has 0 aromatic heterocycles. The summed E-state index contributed by atoms with van der Waals surface area (Å²) in [5, 5.41) is 24.7. The van der Waals surface area contributed by atoms with Crippen molar-refractivity contribution in [3.05, 3.63) is 0 Å². The number of hydrogen-bond acceptors (Lipinski definition) is 7. The van der Waals surface area contributed by atoms with Gasteiger partial charge in [-0.2, -0.15) is 0 Å². The van der Waals surface area contributed by atoms with Crippen molar-refractivity contribution in [2.45, 2.75) is 37.8 Å². The minimum atomic E-state index is -1.13. The van der Waals surface area contributed by atoms with Gasteiger partial charge in [0, 0.05) is 25.9 Å². The van der Waals surface area contributed by atoms with Crippen molar-refractivity contribution in [3.63, 3.8) is 0 Å². The number of nitrogens with one attached hydrogen (secondary N) is 5. The Labute approximate surface area is 150 Å². The molecule has 0 saturated carbocycles. The number of carbonyl (C=O) groups excluding carboxylic acids is 3. The summed E-state index contributed by atoms with van der Waals surface area (Å²) in [5.74, 6) is -3.45. The molecule has 2 unspecified atom stereocenters. The number of rotatable bonds is 15. The zero-order chi connectivity index (χ0) is 19.9. The average Bonchev–Trinajstić information content (AvgIpc) is 2.58. The van der Waals surface area contributed by atoms with Crippen LogP contribution in [0.15, 0.2) is 0 Å². The predicted octanol–water partition coefficient (Wildman–Crippen LogP) is -2.84. The van der Waals surface area contributed by atoms with Gasteiger partial charge < -0.3 is 26.2 Å². The van der Waals surface area contributed by atoms with Crippen LogP contribution in [0.5, 0.6) is 0 Å². The molecule has 0 fully saturated rings. The van der Waals surface area contributed by atoms with Crippen LogP contribution in [-0.4, -0.2) is 72.6 Å². The molecule has 148 valence electrons. The number of carboxylic acids is 2. The molecule has 12 heteroatoms. The lowest BCUT2D eigenvalue weighted by atomic mass is 10.1. The summed E-state index contributed by atoms with van der Waals surface area (Å²) in [4.78, 5) is 56.0. The molecular formula is C14H25N5O7. The Morgan fingerprint density at radius 3 is 2.00 bits per heavy atom. The molecule has 3 amide bonds. The van der Waals surface area contributed by atoms with E-state index in [0.717, 1.165) is 0 Å². The third-order valence-corrected chi connectivity index (χ3v) is 3.21. The lowest BCUT2D eigenvalue weighted by molar-refractivity contribution is -0.139. The first kappa shape index (κ1) is 23.3. The van der Waals surface area contributed by atoms with E-state index >= 15 is 0 Å². The van der Waals surface area contributed by atoms with Crippen LogP contribution in [0.1, 0.15) is 25.7 Å². The molecule has 0 bridgehead atoms.